The quantitative estimate of drug-likeness (QED) is 0.454. The zero-order valence-electron chi connectivity index (χ0n) is 17.7. The van der Waals surface area contributed by atoms with E-state index in [9.17, 15) is 5.11 Å². The highest BCUT2D eigenvalue weighted by molar-refractivity contribution is 7.19. The fourth-order valence-electron chi connectivity index (χ4n) is 3.74. The van der Waals surface area contributed by atoms with Crippen molar-refractivity contribution in [3.63, 3.8) is 0 Å². The summed E-state index contributed by atoms with van der Waals surface area (Å²) in [5.41, 5.74) is 0. The minimum Gasteiger partial charge on any atom is -0.386 e. The highest BCUT2D eigenvalue weighted by atomic mass is 32.1. The second-order valence-electron chi connectivity index (χ2n) is 7.97. The third-order valence-corrected chi connectivity index (χ3v) is 6.49. The van der Waals surface area contributed by atoms with Gasteiger partial charge < -0.3 is 20.5 Å². The van der Waals surface area contributed by atoms with Gasteiger partial charge >= 0.3 is 0 Å². The first-order valence-corrected chi connectivity index (χ1v) is 11.3. The summed E-state index contributed by atoms with van der Waals surface area (Å²) in [5.74, 6) is 1.36. The van der Waals surface area contributed by atoms with Gasteiger partial charge in [-0.1, -0.05) is 32.0 Å². The molecule has 0 amide bonds. The maximum atomic E-state index is 10.6. The van der Waals surface area contributed by atoms with E-state index in [4.69, 9.17) is 4.74 Å². The molecule has 0 saturated carbocycles. The van der Waals surface area contributed by atoms with Crippen molar-refractivity contribution in [1.82, 2.24) is 15.5 Å². The Labute approximate surface area is 178 Å². The third-order valence-electron chi connectivity index (χ3n) is 5.27. The van der Waals surface area contributed by atoms with Gasteiger partial charge in [0.1, 0.15) is 6.10 Å². The van der Waals surface area contributed by atoms with Crippen LogP contribution in [-0.4, -0.2) is 68.4 Å². The van der Waals surface area contributed by atoms with Gasteiger partial charge in [0.2, 0.25) is 0 Å². The average molecular weight is 419 g/mol. The monoisotopic (exact) mass is 418 g/mol. The Morgan fingerprint density at radius 2 is 1.93 bits per heavy atom. The molecule has 2 heterocycles. The molecular weight excluding hydrogens is 384 g/mol. The number of fused-ring (bicyclic) bond motifs is 1. The molecule has 1 aliphatic rings. The molecule has 7 heteroatoms. The first-order chi connectivity index (χ1) is 14.1. The van der Waals surface area contributed by atoms with Gasteiger partial charge in [0.05, 0.1) is 13.2 Å². The number of hydrogen-bond donors (Lipinski definition) is 3. The van der Waals surface area contributed by atoms with Crippen LogP contribution in [0, 0.1) is 5.92 Å². The lowest BCUT2D eigenvalue weighted by molar-refractivity contribution is 0.0132. The number of ether oxygens (including phenoxy) is 1. The molecule has 3 N–H and O–H groups in total. The van der Waals surface area contributed by atoms with E-state index in [0.717, 1.165) is 50.1 Å². The first kappa shape index (κ1) is 22.0. The van der Waals surface area contributed by atoms with Crippen LogP contribution in [0.1, 0.15) is 31.2 Å². The topological polar surface area (TPSA) is 69.1 Å². The largest absolute Gasteiger partial charge is 0.386 e. The van der Waals surface area contributed by atoms with Crippen molar-refractivity contribution >= 4 is 27.4 Å². The van der Waals surface area contributed by atoms with Gasteiger partial charge in [-0.05, 0) is 29.9 Å². The molecule has 2 aromatic rings. The maximum absolute atomic E-state index is 10.6. The van der Waals surface area contributed by atoms with Crippen LogP contribution in [0.3, 0.4) is 0 Å². The van der Waals surface area contributed by atoms with Gasteiger partial charge in [-0.2, -0.15) is 0 Å². The number of aliphatic hydroxyl groups excluding tert-OH is 1. The number of thiophene rings is 1. The number of aliphatic imine (C=N–C) groups is 1. The Morgan fingerprint density at radius 3 is 2.62 bits per heavy atom. The van der Waals surface area contributed by atoms with Crippen molar-refractivity contribution in [1.29, 1.82) is 0 Å². The zero-order chi connectivity index (χ0) is 20.6. The molecule has 0 aliphatic carbocycles. The van der Waals surface area contributed by atoms with Crippen LogP contribution in [-0.2, 0) is 4.74 Å². The van der Waals surface area contributed by atoms with Gasteiger partial charge in [-0.15, -0.1) is 11.3 Å². The Bertz CT molecular complexity index is 753. The molecule has 0 radical (unpaired) electrons. The molecule has 0 bridgehead atoms. The minimum absolute atomic E-state index is 0.429. The first-order valence-electron chi connectivity index (χ1n) is 10.5. The van der Waals surface area contributed by atoms with E-state index in [1.54, 1.807) is 18.4 Å². The lowest BCUT2D eigenvalue weighted by Crippen LogP contribution is -2.51. The van der Waals surface area contributed by atoms with Gasteiger partial charge in [-0.3, -0.25) is 9.89 Å². The van der Waals surface area contributed by atoms with Crippen LogP contribution in [0.15, 0.2) is 35.3 Å². The van der Waals surface area contributed by atoms with E-state index < -0.39 is 6.10 Å². The van der Waals surface area contributed by atoms with E-state index in [-0.39, 0.29) is 0 Å². The van der Waals surface area contributed by atoms with E-state index in [2.05, 4.69) is 52.6 Å². The molecule has 1 aromatic heterocycles. The van der Waals surface area contributed by atoms with Crippen LogP contribution < -0.4 is 10.6 Å². The SMILES string of the molecule is CN=C(NCC(O)c1cc2ccccc2s1)NCC(CC(C)C)N1CCOCC1. The van der Waals surface area contributed by atoms with E-state index in [1.165, 1.54) is 10.1 Å². The highest BCUT2D eigenvalue weighted by Crippen LogP contribution is 2.29. The number of hydrogen-bond acceptors (Lipinski definition) is 5. The molecule has 1 saturated heterocycles. The Kier molecular flexibility index (Phi) is 8.29. The second-order valence-corrected chi connectivity index (χ2v) is 9.08. The van der Waals surface area contributed by atoms with E-state index in [0.29, 0.717) is 18.5 Å². The van der Waals surface area contributed by atoms with Crippen LogP contribution in [0.2, 0.25) is 0 Å². The molecule has 29 heavy (non-hydrogen) atoms. The van der Waals surface area contributed by atoms with Crippen LogP contribution in [0.5, 0.6) is 0 Å². The smallest absolute Gasteiger partial charge is 0.191 e. The van der Waals surface area contributed by atoms with Crippen molar-refractivity contribution in [2.75, 3.05) is 46.4 Å². The van der Waals surface area contributed by atoms with E-state index in [1.807, 2.05) is 12.1 Å². The summed E-state index contributed by atoms with van der Waals surface area (Å²) in [4.78, 5) is 7.82. The molecule has 1 aliphatic heterocycles. The van der Waals surface area contributed by atoms with E-state index >= 15 is 0 Å². The van der Waals surface area contributed by atoms with Crippen LogP contribution in [0.4, 0.5) is 0 Å². The van der Waals surface area contributed by atoms with Crippen molar-refractivity contribution in [3.8, 4) is 0 Å². The van der Waals surface area contributed by atoms with Gasteiger partial charge in [0.15, 0.2) is 5.96 Å². The predicted octanol–water partition coefficient (Wildman–Crippen LogP) is 2.85. The molecular formula is C22H34N4O2S. The number of nitrogens with one attached hydrogen (secondary N) is 2. The summed E-state index contributed by atoms with van der Waals surface area (Å²) in [6, 6.07) is 10.7. The standard InChI is InChI=1S/C22H34N4O2S/c1-16(2)12-18(26-8-10-28-11-9-26)14-24-22(23-3)25-15-19(27)21-13-17-6-4-5-7-20(17)29-21/h4-7,13,16,18-19,27H,8-12,14-15H2,1-3H3,(H2,23,24,25). The predicted molar refractivity (Wildman–Crippen MR) is 122 cm³/mol. The molecule has 160 valence electrons. The fourth-order valence-corrected chi connectivity index (χ4v) is 4.79. The molecule has 1 fully saturated rings. The summed E-state index contributed by atoms with van der Waals surface area (Å²) in [6.07, 6.45) is 0.575. The molecule has 6 nitrogen and oxygen atoms in total. The Balaban J connectivity index is 1.52. The second kappa shape index (κ2) is 10.9. The third kappa shape index (κ3) is 6.40. The van der Waals surface area contributed by atoms with Crippen molar-refractivity contribution in [2.24, 2.45) is 10.9 Å². The van der Waals surface area contributed by atoms with Crippen LogP contribution >= 0.6 is 11.3 Å². The van der Waals surface area contributed by atoms with Gasteiger partial charge in [0, 0.05) is 48.8 Å². The molecule has 1 aromatic carbocycles. The Morgan fingerprint density at radius 1 is 1.21 bits per heavy atom. The number of aliphatic hydroxyl groups is 1. The van der Waals surface area contributed by atoms with Gasteiger partial charge in [0.25, 0.3) is 0 Å². The lowest BCUT2D eigenvalue weighted by Gasteiger charge is -2.35. The lowest BCUT2D eigenvalue weighted by atomic mass is 10.0. The van der Waals surface area contributed by atoms with Crippen LogP contribution in [0.25, 0.3) is 10.1 Å². The molecule has 2 unspecified atom stereocenters. The maximum Gasteiger partial charge on any atom is 0.191 e. The zero-order valence-corrected chi connectivity index (χ0v) is 18.5. The van der Waals surface area contributed by atoms with Crippen molar-refractivity contribution < 1.29 is 9.84 Å². The molecule has 3 rings (SSSR count). The number of rotatable bonds is 8. The summed E-state index contributed by atoms with van der Waals surface area (Å²) < 4.78 is 6.71. The summed E-state index contributed by atoms with van der Waals surface area (Å²) >= 11 is 1.64. The fraction of sp³-hybridized carbons (Fsp3) is 0.591. The normalized spacial score (nSPS) is 18.2. The summed E-state index contributed by atoms with van der Waals surface area (Å²) in [7, 11) is 1.77. The van der Waals surface area contributed by atoms with Crippen molar-refractivity contribution in [2.45, 2.75) is 32.4 Å². The number of nitrogens with zero attached hydrogens (tertiary/aromatic N) is 2. The highest BCUT2D eigenvalue weighted by Gasteiger charge is 2.22. The molecule has 2 atom stereocenters. The van der Waals surface area contributed by atoms with Gasteiger partial charge in [-0.25, -0.2) is 0 Å². The van der Waals surface area contributed by atoms with Crippen molar-refractivity contribution in [3.05, 3.63) is 35.2 Å². The summed E-state index contributed by atoms with van der Waals surface area (Å²) in [6.45, 7) is 9.37. The minimum atomic E-state index is -0.559. The number of guanidine groups is 1. The molecule has 0 spiro atoms. The Hall–Kier alpha value is -1.67. The summed E-state index contributed by atoms with van der Waals surface area (Å²) in [5, 5.41) is 18.5. The number of morpholine rings is 1. The number of benzene rings is 1. The average Bonchev–Trinajstić information content (AvgIpc) is 3.17.